The average Bonchev–Trinajstić information content (AvgIpc) is 2.16. The molecule has 0 aromatic heterocycles. The van der Waals surface area contributed by atoms with Crippen molar-refractivity contribution in [1.82, 2.24) is 0 Å². The zero-order valence-electron chi connectivity index (χ0n) is 8.41. The Kier molecular flexibility index (Phi) is 3.68. The first-order chi connectivity index (χ1) is 7.08. The Bertz CT molecular complexity index is 359. The Morgan fingerprint density at radius 2 is 2.07 bits per heavy atom. The van der Waals surface area contributed by atoms with Gasteiger partial charge in [0.05, 0.1) is 0 Å². The van der Waals surface area contributed by atoms with Gasteiger partial charge in [-0.1, -0.05) is 0 Å². The lowest BCUT2D eigenvalue weighted by molar-refractivity contribution is -0.114. The second-order valence-electron chi connectivity index (χ2n) is 3.02. The number of carbonyl (C=O) groups excluding carboxylic acids is 1. The van der Waals surface area contributed by atoms with Crippen molar-refractivity contribution in [2.24, 2.45) is 5.73 Å². The molecular weight excluding hydrogens is 194 g/mol. The molecule has 0 fully saturated rings. The third kappa shape index (κ3) is 4.12. The zero-order chi connectivity index (χ0) is 11.3. The van der Waals surface area contributed by atoms with Crippen LogP contribution in [0.5, 0.6) is 5.75 Å². The van der Waals surface area contributed by atoms with Crippen LogP contribution in [-0.4, -0.2) is 18.3 Å². The molecule has 1 amide bonds. The van der Waals surface area contributed by atoms with E-state index in [0.29, 0.717) is 11.4 Å². The summed E-state index contributed by atoms with van der Waals surface area (Å²) in [5.74, 6) is 0.465. The topological polar surface area (TPSA) is 88.2 Å². The van der Waals surface area contributed by atoms with Crippen molar-refractivity contribution in [2.75, 3.05) is 11.9 Å². The number of hydrogen-bond acceptors (Lipinski definition) is 3. The van der Waals surface area contributed by atoms with E-state index in [-0.39, 0.29) is 18.3 Å². The first-order valence-electron chi connectivity index (χ1n) is 4.41. The molecule has 15 heavy (non-hydrogen) atoms. The molecule has 0 bridgehead atoms. The molecule has 80 valence electrons. The molecule has 5 heteroatoms. The first-order valence-corrected chi connectivity index (χ1v) is 4.41. The summed E-state index contributed by atoms with van der Waals surface area (Å²) in [4.78, 5) is 10.7. The molecule has 1 aromatic rings. The second-order valence-corrected chi connectivity index (χ2v) is 3.02. The molecular formula is C10H13N3O2. The summed E-state index contributed by atoms with van der Waals surface area (Å²) < 4.78 is 5.17. The largest absolute Gasteiger partial charge is 0.486 e. The lowest BCUT2D eigenvalue weighted by Gasteiger charge is -2.06. The van der Waals surface area contributed by atoms with Gasteiger partial charge in [-0.25, -0.2) is 0 Å². The highest BCUT2D eigenvalue weighted by molar-refractivity contribution is 5.88. The fraction of sp³-hybridized carbons (Fsp3) is 0.200. The summed E-state index contributed by atoms with van der Waals surface area (Å²) >= 11 is 0. The van der Waals surface area contributed by atoms with Gasteiger partial charge in [0, 0.05) is 12.6 Å². The van der Waals surface area contributed by atoms with Crippen LogP contribution in [-0.2, 0) is 4.79 Å². The highest BCUT2D eigenvalue weighted by Gasteiger charge is 1.97. The predicted molar refractivity (Wildman–Crippen MR) is 58.2 cm³/mol. The normalized spacial score (nSPS) is 9.40. The standard InChI is InChI=1S/C10H13N3O2/c1-7(14)13-8-2-4-9(5-3-8)15-6-10(11)12/h2-5H,6H2,1H3,(H3,11,12)(H,13,14). The minimum Gasteiger partial charge on any atom is -0.486 e. The maximum Gasteiger partial charge on any atom is 0.221 e. The average molecular weight is 207 g/mol. The molecule has 4 N–H and O–H groups in total. The molecule has 0 aliphatic carbocycles. The monoisotopic (exact) mass is 207 g/mol. The fourth-order valence-electron chi connectivity index (χ4n) is 0.999. The van der Waals surface area contributed by atoms with Crippen molar-refractivity contribution in [3.8, 4) is 5.75 Å². The molecule has 0 unspecified atom stereocenters. The van der Waals surface area contributed by atoms with E-state index in [0.717, 1.165) is 0 Å². The summed E-state index contributed by atoms with van der Waals surface area (Å²) in [7, 11) is 0. The molecule has 0 heterocycles. The van der Waals surface area contributed by atoms with E-state index < -0.39 is 0 Å². The van der Waals surface area contributed by atoms with E-state index >= 15 is 0 Å². The number of carbonyl (C=O) groups is 1. The van der Waals surface area contributed by atoms with Gasteiger partial charge in [0.1, 0.15) is 18.2 Å². The van der Waals surface area contributed by atoms with Crippen LogP contribution < -0.4 is 15.8 Å². The third-order valence-electron chi connectivity index (χ3n) is 1.57. The van der Waals surface area contributed by atoms with Crippen LogP contribution in [0.3, 0.4) is 0 Å². The highest BCUT2D eigenvalue weighted by atomic mass is 16.5. The third-order valence-corrected chi connectivity index (χ3v) is 1.57. The lowest BCUT2D eigenvalue weighted by Crippen LogP contribution is -2.19. The molecule has 0 aliphatic heterocycles. The minimum absolute atomic E-state index is 0.0269. The highest BCUT2D eigenvalue weighted by Crippen LogP contribution is 2.15. The first kappa shape index (κ1) is 11.0. The number of rotatable bonds is 4. The van der Waals surface area contributed by atoms with Crippen LogP contribution in [0, 0.1) is 5.41 Å². The van der Waals surface area contributed by atoms with Gasteiger partial charge in [0.25, 0.3) is 0 Å². The molecule has 0 atom stereocenters. The number of nitrogens with two attached hydrogens (primary N) is 1. The Hall–Kier alpha value is -2.04. The lowest BCUT2D eigenvalue weighted by atomic mass is 10.3. The van der Waals surface area contributed by atoms with Gasteiger partial charge >= 0.3 is 0 Å². The summed E-state index contributed by atoms with van der Waals surface area (Å²) in [6.07, 6.45) is 0. The molecule has 0 saturated heterocycles. The Morgan fingerprint density at radius 3 is 2.53 bits per heavy atom. The van der Waals surface area contributed by atoms with Crippen LogP contribution in [0.25, 0.3) is 0 Å². The van der Waals surface area contributed by atoms with Gasteiger partial charge in [-0.15, -0.1) is 0 Å². The molecule has 1 aromatic carbocycles. The molecule has 0 aliphatic rings. The van der Waals surface area contributed by atoms with Gasteiger partial charge in [-0.2, -0.15) is 0 Å². The summed E-state index contributed by atoms with van der Waals surface area (Å²) in [5.41, 5.74) is 5.84. The Balaban J connectivity index is 2.56. The maximum absolute atomic E-state index is 10.7. The molecule has 5 nitrogen and oxygen atoms in total. The van der Waals surface area contributed by atoms with Crippen LogP contribution in [0.2, 0.25) is 0 Å². The molecule has 0 radical (unpaired) electrons. The van der Waals surface area contributed by atoms with E-state index in [1.54, 1.807) is 24.3 Å². The van der Waals surface area contributed by atoms with Crippen molar-refractivity contribution < 1.29 is 9.53 Å². The molecule has 0 saturated carbocycles. The van der Waals surface area contributed by atoms with Crippen LogP contribution >= 0.6 is 0 Å². The van der Waals surface area contributed by atoms with Gasteiger partial charge in [0.15, 0.2) is 0 Å². The number of nitrogens with one attached hydrogen (secondary N) is 2. The maximum atomic E-state index is 10.7. The minimum atomic E-state index is -0.118. The smallest absolute Gasteiger partial charge is 0.221 e. The Morgan fingerprint density at radius 1 is 1.47 bits per heavy atom. The summed E-state index contributed by atoms with van der Waals surface area (Å²) in [5, 5.41) is 9.61. The van der Waals surface area contributed by atoms with E-state index in [2.05, 4.69) is 5.32 Å². The van der Waals surface area contributed by atoms with Crippen molar-refractivity contribution in [3.05, 3.63) is 24.3 Å². The zero-order valence-corrected chi connectivity index (χ0v) is 8.41. The summed E-state index contributed by atoms with van der Waals surface area (Å²) in [6.45, 7) is 1.51. The SMILES string of the molecule is CC(=O)Nc1ccc(OCC(=N)N)cc1. The van der Waals surface area contributed by atoms with Gasteiger partial charge in [-0.05, 0) is 24.3 Å². The van der Waals surface area contributed by atoms with E-state index in [9.17, 15) is 4.79 Å². The van der Waals surface area contributed by atoms with Crippen LogP contribution in [0.15, 0.2) is 24.3 Å². The van der Waals surface area contributed by atoms with Gasteiger partial charge in [0.2, 0.25) is 5.91 Å². The summed E-state index contributed by atoms with van der Waals surface area (Å²) in [6, 6.07) is 6.84. The van der Waals surface area contributed by atoms with E-state index in [4.69, 9.17) is 15.9 Å². The number of amidine groups is 1. The number of benzene rings is 1. The van der Waals surface area contributed by atoms with E-state index in [1.807, 2.05) is 0 Å². The number of hydrogen-bond donors (Lipinski definition) is 3. The fourth-order valence-corrected chi connectivity index (χ4v) is 0.999. The number of ether oxygens (including phenoxy) is 1. The van der Waals surface area contributed by atoms with Crippen molar-refractivity contribution >= 4 is 17.4 Å². The van der Waals surface area contributed by atoms with Crippen LogP contribution in [0.4, 0.5) is 5.69 Å². The number of anilines is 1. The van der Waals surface area contributed by atoms with Crippen LogP contribution in [0.1, 0.15) is 6.92 Å². The van der Waals surface area contributed by atoms with Crippen molar-refractivity contribution in [3.63, 3.8) is 0 Å². The van der Waals surface area contributed by atoms with Crippen molar-refractivity contribution in [1.29, 1.82) is 5.41 Å². The molecule has 1 rings (SSSR count). The molecule has 0 spiro atoms. The van der Waals surface area contributed by atoms with Gasteiger partial charge in [-0.3, -0.25) is 10.2 Å². The van der Waals surface area contributed by atoms with Crippen molar-refractivity contribution in [2.45, 2.75) is 6.92 Å². The Labute approximate surface area is 87.7 Å². The van der Waals surface area contributed by atoms with Gasteiger partial charge < -0.3 is 15.8 Å². The predicted octanol–water partition coefficient (Wildman–Crippen LogP) is 0.960. The van der Waals surface area contributed by atoms with E-state index in [1.165, 1.54) is 6.92 Å². The quantitative estimate of drug-likeness (QED) is 0.507. The second kappa shape index (κ2) is 4.99. The number of amides is 1.